The lowest BCUT2D eigenvalue weighted by Gasteiger charge is -2.38. The minimum absolute atomic E-state index is 0.0572. The van der Waals surface area contributed by atoms with E-state index in [0.29, 0.717) is 11.1 Å². The summed E-state index contributed by atoms with van der Waals surface area (Å²) in [5, 5.41) is 11.8. The van der Waals surface area contributed by atoms with Crippen LogP contribution in [0.5, 0.6) is 0 Å². The molecule has 13 heteroatoms. The Kier molecular flexibility index (Phi) is 12.4. The van der Waals surface area contributed by atoms with Crippen LogP contribution in [0.1, 0.15) is 64.5 Å². The molecule has 1 aliphatic rings. The minimum Gasteiger partial charge on any atom is -0.382 e. The summed E-state index contributed by atoms with van der Waals surface area (Å²) >= 11 is 0. The number of nitriles is 1. The molecule has 42 heavy (non-hydrogen) atoms. The fraction of sp³-hybridized carbons (Fsp3) is 0.586. The van der Waals surface area contributed by atoms with Crippen LogP contribution < -0.4 is 11.0 Å². The van der Waals surface area contributed by atoms with Crippen molar-refractivity contribution in [1.29, 1.82) is 5.26 Å². The molecule has 230 valence electrons. The molecule has 1 aliphatic heterocycles. The number of anilines is 1. The third-order valence-electron chi connectivity index (χ3n) is 6.43. The van der Waals surface area contributed by atoms with Crippen molar-refractivity contribution in [3.05, 3.63) is 58.1 Å². The molecule has 3 rings (SSSR count). The Bertz CT molecular complexity index is 1270. The van der Waals surface area contributed by atoms with Crippen LogP contribution in [0.4, 0.5) is 5.82 Å². The van der Waals surface area contributed by atoms with Crippen molar-refractivity contribution >= 4 is 20.3 Å². The number of hydrogen-bond donors (Lipinski definition) is 1. The highest BCUT2D eigenvalue weighted by Gasteiger charge is 2.48. The summed E-state index contributed by atoms with van der Waals surface area (Å²) < 4.78 is 41.9. The molecule has 1 saturated heterocycles. The van der Waals surface area contributed by atoms with Gasteiger partial charge in [-0.15, -0.1) is 0 Å². The molecule has 2 aromatic rings. The van der Waals surface area contributed by atoms with Crippen LogP contribution in [0.15, 0.2) is 41.3 Å². The maximum Gasteiger partial charge on any atom is 0.351 e. The van der Waals surface area contributed by atoms with Crippen molar-refractivity contribution in [1.82, 2.24) is 14.2 Å². The lowest BCUT2D eigenvalue weighted by atomic mass is 10.1. The van der Waals surface area contributed by atoms with Crippen molar-refractivity contribution in [3.8, 4) is 6.07 Å². The Hall–Kier alpha value is -2.75. The Morgan fingerprint density at radius 3 is 2.55 bits per heavy atom. The van der Waals surface area contributed by atoms with Crippen LogP contribution in [0, 0.1) is 18.3 Å². The first-order valence-electron chi connectivity index (χ1n) is 14.6. The third-order valence-corrected chi connectivity index (χ3v) is 8.56. The van der Waals surface area contributed by atoms with Gasteiger partial charge in [0.2, 0.25) is 0 Å². The highest BCUT2D eigenvalue weighted by molar-refractivity contribution is 7.44. The van der Waals surface area contributed by atoms with Gasteiger partial charge in [0.15, 0.2) is 6.23 Å². The maximum atomic E-state index is 13.4. The summed E-state index contributed by atoms with van der Waals surface area (Å²) in [5.41, 5.74) is 0.298. The van der Waals surface area contributed by atoms with Crippen LogP contribution in [-0.4, -0.2) is 77.5 Å². The van der Waals surface area contributed by atoms with Gasteiger partial charge in [0.1, 0.15) is 18.0 Å². The van der Waals surface area contributed by atoms with E-state index < -0.39 is 44.7 Å². The van der Waals surface area contributed by atoms with E-state index in [-0.39, 0.29) is 51.0 Å². The first-order chi connectivity index (χ1) is 20.6. The van der Waals surface area contributed by atoms with Crippen molar-refractivity contribution in [2.24, 2.45) is 0 Å². The Morgan fingerprint density at radius 1 is 1.21 bits per heavy atom. The molecular weight excluding hydrogens is 561 g/mol. The van der Waals surface area contributed by atoms with Gasteiger partial charge in [-0.05, 0) is 53.7 Å². The highest BCUT2D eigenvalue weighted by Crippen LogP contribution is 2.50. The maximum absolute atomic E-state index is 13.4. The largest absolute Gasteiger partial charge is 0.382 e. The molecule has 2 heterocycles. The second-order valence-electron chi connectivity index (χ2n) is 10.3. The van der Waals surface area contributed by atoms with E-state index in [1.165, 1.54) is 4.57 Å². The average molecular weight is 605 g/mol. The zero-order chi connectivity index (χ0) is 31.5. The van der Waals surface area contributed by atoms with Gasteiger partial charge < -0.3 is 28.6 Å². The quantitative estimate of drug-likeness (QED) is 0.230. The number of amides is 1. The van der Waals surface area contributed by atoms with Gasteiger partial charge in [-0.25, -0.2) is 9.46 Å². The molecule has 0 spiro atoms. The summed E-state index contributed by atoms with van der Waals surface area (Å²) in [5.74, 6) is -0.257. The van der Waals surface area contributed by atoms with E-state index in [2.05, 4.69) is 21.0 Å². The molecule has 1 aromatic carbocycles. The summed E-state index contributed by atoms with van der Waals surface area (Å²) in [4.78, 5) is 30.2. The minimum atomic E-state index is -1.69. The van der Waals surface area contributed by atoms with Crippen molar-refractivity contribution < 1.29 is 29.4 Å². The van der Waals surface area contributed by atoms with E-state index in [4.69, 9.17) is 29.9 Å². The van der Waals surface area contributed by atoms with Crippen molar-refractivity contribution in [2.75, 3.05) is 32.2 Å². The van der Waals surface area contributed by atoms with E-state index >= 15 is 0 Å². The SMILES string of the molecule is [2H]C[C@H]1O[C@@H](n2cc(C)c(NC(=O)c3ccccc3)nc2=O)[C@H](OCCOC)[C@@H]1OP(OCCC#N)N(C(C)C)C(C)C. The molecule has 0 saturated carbocycles. The van der Waals surface area contributed by atoms with E-state index in [0.717, 1.165) is 0 Å². The summed E-state index contributed by atoms with van der Waals surface area (Å²) in [6.07, 6.45) is -1.58. The summed E-state index contributed by atoms with van der Waals surface area (Å²) in [6.45, 7) is 10.3. The van der Waals surface area contributed by atoms with Crippen LogP contribution >= 0.6 is 8.53 Å². The number of rotatable bonds is 15. The number of carbonyl (C=O) groups excluding carboxylic acids is 1. The zero-order valence-corrected chi connectivity index (χ0v) is 26.0. The van der Waals surface area contributed by atoms with E-state index in [9.17, 15) is 9.59 Å². The first-order valence-corrected chi connectivity index (χ1v) is 15.0. The third kappa shape index (κ3) is 8.64. The molecule has 1 aromatic heterocycles. The Balaban J connectivity index is 1.95. The second kappa shape index (κ2) is 16.2. The topological polar surface area (TPSA) is 137 Å². The molecule has 0 aliphatic carbocycles. The van der Waals surface area contributed by atoms with Gasteiger partial charge >= 0.3 is 5.69 Å². The summed E-state index contributed by atoms with van der Waals surface area (Å²) in [6, 6.07) is 10.8. The zero-order valence-electron chi connectivity index (χ0n) is 26.1. The number of aromatic nitrogens is 2. The fourth-order valence-electron chi connectivity index (χ4n) is 4.55. The standard InChI is InChI=1S/C29H42N5O7P/c1-19(2)34(20(3)4)42(39-15-11-14-30)41-24-22(6)40-28(25(24)38-17-16-37-7)33-18-21(5)26(32-29(33)36)31-27(35)23-12-9-8-10-13-23/h8-10,12-13,18-20,22,24-25,28H,11,15-17H2,1-7H3,(H,31,32,35,36)/t22-,24-,25-,28-,42?/m1/s1/i6D. The van der Waals surface area contributed by atoms with E-state index in [1.54, 1.807) is 50.6 Å². The molecule has 1 fully saturated rings. The predicted molar refractivity (Wildman–Crippen MR) is 159 cm³/mol. The molecule has 1 unspecified atom stereocenters. The molecule has 5 atom stereocenters. The van der Waals surface area contributed by atoms with Crippen molar-refractivity contribution in [2.45, 2.75) is 84.6 Å². The normalized spacial score (nSPS) is 21.5. The monoisotopic (exact) mass is 604 g/mol. The van der Waals surface area contributed by atoms with Gasteiger partial charge in [-0.1, -0.05) is 18.2 Å². The molecule has 1 N–H and O–H groups in total. The number of ether oxygens (including phenoxy) is 3. The Labute approximate surface area is 250 Å². The number of carbonyl (C=O) groups is 1. The van der Waals surface area contributed by atoms with Gasteiger partial charge in [-0.2, -0.15) is 10.2 Å². The number of benzene rings is 1. The summed E-state index contributed by atoms with van der Waals surface area (Å²) in [7, 11) is -0.131. The first kappa shape index (κ1) is 32.2. The van der Waals surface area contributed by atoms with E-state index in [1.807, 2.05) is 27.7 Å². The lowest BCUT2D eigenvalue weighted by Crippen LogP contribution is -2.41. The molecule has 0 radical (unpaired) electrons. The number of nitrogens with zero attached hydrogens (tertiary/aromatic N) is 4. The fourth-order valence-corrected chi connectivity index (χ4v) is 6.32. The smallest absolute Gasteiger partial charge is 0.351 e. The number of hydrogen-bond acceptors (Lipinski definition) is 10. The van der Waals surface area contributed by atoms with Gasteiger partial charge in [0, 0.05) is 37.9 Å². The van der Waals surface area contributed by atoms with Crippen LogP contribution in [-0.2, 0) is 23.3 Å². The van der Waals surface area contributed by atoms with Crippen LogP contribution in [0.2, 0.25) is 0 Å². The van der Waals surface area contributed by atoms with Gasteiger partial charge in [0.25, 0.3) is 14.4 Å². The average Bonchev–Trinajstić information content (AvgIpc) is 3.31. The van der Waals surface area contributed by atoms with Crippen LogP contribution in [0.25, 0.3) is 0 Å². The van der Waals surface area contributed by atoms with Gasteiger partial charge in [-0.3, -0.25) is 9.36 Å². The number of methoxy groups -OCH3 is 1. The second-order valence-corrected chi connectivity index (χ2v) is 11.7. The molecule has 0 bridgehead atoms. The van der Waals surface area contributed by atoms with Gasteiger partial charge in [0.05, 0.1) is 38.4 Å². The number of aryl methyl sites for hydroxylation is 1. The van der Waals surface area contributed by atoms with Crippen LogP contribution in [0.3, 0.4) is 0 Å². The molecular formula is C29H42N5O7P. The lowest BCUT2D eigenvalue weighted by molar-refractivity contribution is -0.0776. The predicted octanol–water partition coefficient (Wildman–Crippen LogP) is 4.41. The molecule has 12 nitrogen and oxygen atoms in total. The highest BCUT2D eigenvalue weighted by atomic mass is 31.2. The Morgan fingerprint density at radius 2 is 1.93 bits per heavy atom. The molecule has 1 amide bonds. The number of nitrogens with one attached hydrogen (secondary N) is 1. The van der Waals surface area contributed by atoms with Crippen molar-refractivity contribution in [3.63, 3.8) is 0 Å².